The van der Waals surface area contributed by atoms with Gasteiger partial charge in [0, 0.05) is 17.5 Å². The van der Waals surface area contributed by atoms with E-state index in [1.807, 2.05) is 30.3 Å². The molecule has 0 saturated heterocycles. The van der Waals surface area contributed by atoms with E-state index in [1.165, 1.54) is 19.3 Å². The highest BCUT2D eigenvalue weighted by Crippen LogP contribution is 2.18. The molecular weight excluding hydrogens is 264 g/mol. The van der Waals surface area contributed by atoms with Crippen LogP contribution >= 0.6 is 0 Å². The zero-order chi connectivity index (χ0) is 14.5. The summed E-state index contributed by atoms with van der Waals surface area (Å²) in [7, 11) is 0. The lowest BCUT2D eigenvalue weighted by molar-refractivity contribution is -0.124. The van der Waals surface area contributed by atoms with Crippen molar-refractivity contribution in [2.75, 3.05) is 6.61 Å². The number of carbonyl (C=O) groups excluding carboxylic acids is 1. The third-order valence-electron chi connectivity index (χ3n) is 3.89. The zero-order valence-corrected chi connectivity index (χ0v) is 12.0. The molecule has 0 bridgehead atoms. The fourth-order valence-corrected chi connectivity index (χ4v) is 2.78. The summed E-state index contributed by atoms with van der Waals surface area (Å²) < 4.78 is 5.49. The Morgan fingerprint density at radius 3 is 2.81 bits per heavy atom. The normalized spacial score (nSPS) is 15.8. The number of hydrogen-bond acceptors (Lipinski definition) is 3. The fourth-order valence-electron chi connectivity index (χ4n) is 2.78. The predicted molar refractivity (Wildman–Crippen MR) is 82.3 cm³/mol. The number of rotatable bonds is 4. The number of carbonyl (C=O) groups is 1. The van der Waals surface area contributed by atoms with E-state index >= 15 is 0 Å². The Bertz CT molecular complexity index is 621. The molecule has 110 valence electrons. The lowest BCUT2D eigenvalue weighted by Crippen LogP contribution is -2.39. The highest BCUT2D eigenvalue weighted by molar-refractivity contribution is 5.79. The molecule has 1 amide bonds. The Hall–Kier alpha value is -2.10. The number of hydrogen-bond donors (Lipinski definition) is 1. The van der Waals surface area contributed by atoms with E-state index in [1.54, 1.807) is 6.07 Å². The number of nitrogens with zero attached hydrogens (tertiary/aromatic N) is 1. The molecule has 0 atom stereocenters. The standard InChI is InChI=1S/C17H20N2O2/c20-16(18-14-7-2-1-3-8-14)12-21-17-11-10-13-6-4-5-9-15(13)19-17/h4-6,9-11,14H,1-3,7-8,12H2,(H,18,20). The molecule has 0 unspecified atom stereocenters. The number of para-hydroxylation sites is 1. The predicted octanol–water partition coefficient (Wildman–Crippen LogP) is 3.06. The average Bonchev–Trinajstić information content (AvgIpc) is 2.54. The monoisotopic (exact) mass is 284 g/mol. The second-order valence-electron chi connectivity index (χ2n) is 5.53. The van der Waals surface area contributed by atoms with Gasteiger partial charge in [0.15, 0.2) is 6.61 Å². The summed E-state index contributed by atoms with van der Waals surface area (Å²) in [5, 5.41) is 4.10. The summed E-state index contributed by atoms with van der Waals surface area (Å²) in [6, 6.07) is 11.9. The second kappa shape index (κ2) is 6.57. The minimum absolute atomic E-state index is 0.0296. The van der Waals surface area contributed by atoms with Gasteiger partial charge in [-0.2, -0.15) is 0 Å². The smallest absolute Gasteiger partial charge is 0.258 e. The molecule has 21 heavy (non-hydrogen) atoms. The van der Waals surface area contributed by atoms with Gasteiger partial charge >= 0.3 is 0 Å². The Kier molecular flexibility index (Phi) is 4.34. The van der Waals surface area contributed by atoms with Crippen molar-refractivity contribution in [2.24, 2.45) is 0 Å². The van der Waals surface area contributed by atoms with Gasteiger partial charge in [-0.15, -0.1) is 0 Å². The Morgan fingerprint density at radius 1 is 1.14 bits per heavy atom. The van der Waals surface area contributed by atoms with Crippen LogP contribution in [0.4, 0.5) is 0 Å². The number of nitrogens with one attached hydrogen (secondary N) is 1. The van der Waals surface area contributed by atoms with E-state index in [-0.39, 0.29) is 12.5 Å². The molecule has 1 heterocycles. The summed E-state index contributed by atoms with van der Waals surface area (Å²) in [5.41, 5.74) is 0.877. The van der Waals surface area contributed by atoms with Crippen LogP contribution in [-0.4, -0.2) is 23.5 Å². The SMILES string of the molecule is O=C(COc1ccc2ccccc2n1)NC1CCCCC1. The first-order chi connectivity index (χ1) is 10.3. The van der Waals surface area contributed by atoms with Crippen LogP contribution in [0.25, 0.3) is 10.9 Å². The number of ether oxygens (including phenoxy) is 1. The second-order valence-corrected chi connectivity index (χ2v) is 5.53. The number of amides is 1. The van der Waals surface area contributed by atoms with Crippen molar-refractivity contribution < 1.29 is 9.53 Å². The van der Waals surface area contributed by atoms with Gasteiger partial charge in [-0.3, -0.25) is 4.79 Å². The molecule has 1 aliphatic carbocycles. The van der Waals surface area contributed by atoms with E-state index in [2.05, 4.69) is 10.3 Å². The molecule has 1 aromatic carbocycles. The molecule has 1 aromatic heterocycles. The number of fused-ring (bicyclic) bond motifs is 1. The first-order valence-corrected chi connectivity index (χ1v) is 7.59. The van der Waals surface area contributed by atoms with Crippen molar-refractivity contribution in [3.05, 3.63) is 36.4 Å². The van der Waals surface area contributed by atoms with Crippen molar-refractivity contribution in [1.29, 1.82) is 0 Å². The maximum atomic E-state index is 11.9. The van der Waals surface area contributed by atoms with Crippen LogP contribution in [-0.2, 0) is 4.79 Å². The summed E-state index contributed by atoms with van der Waals surface area (Å²) >= 11 is 0. The van der Waals surface area contributed by atoms with Crippen LogP contribution in [0, 0.1) is 0 Å². The van der Waals surface area contributed by atoms with Crippen molar-refractivity contribution in [3.63, 3.8) is 0 Å². The Morgan fingerprint density at radius 2 is 1.95 bits per heavy atom. The van der Waals surface area contributed by atoms with Crippen molar-refractivity contribution in [1.82, 2.24) is 10.3 Å². The molecule has 0 radical (unpaired) electrons. The highest BCUT2D eigenvalue weighted by Gasteiger charge is 2.15. The third kappa shape index (κ3) is 3.72. The van der Waals surface area contributed by atoms with E-state index in [0.29, 0.717) is 11.9 Å². The van der Waals surface area contributed by atoms with Crippen LogP contribution in [0.1, 0.15) is 32.1 Å². The Balaban J connectivity index is 1.54. The van der Waals surface area contributed by atoms with Crippen LogP contribution in [0.15, 0.2) is 36.4 Å². The minimum Gasteiger partial charge on any atom is -0.468 e. The molecule has 1 fully saturated rings. The largest absolute Gasteiger partial charge is 0.468 e. The molecule has 2 aromatic rings. The maximum absolute atomic E-state index is 11.9. The summed E-state index contributed by atoms with van der Waals surface area (Å²) in [6.07, 6.45) is 5.86. The van der Waals surface area contributed by atoms with Crippen molar-refractivity contribution >= 4 is 16.8 Å². The average molecular weight is 284 g/mol. The zero-order valence-electron chi connectivity index (χ0n) is 12.0. The van der Waals surface area contributed by atoms with E-state index in [0.717, 1.165) is 23.7 Å². The summed E-state index contributed by atoms with van der Waals surface area (Å²) in [4.78, 5) is 16.3. The molecule has 1 N–H and O–H groups in total. The van der Waals surface area contributed by atoms with E-state index in [4.69, 9.17) is 4.74 Å². The topological polar surface area (TPSA) is 51.2 Å². The molecule has 1 aliphatic rings. The lowest BCUT2D eigenvalue weighted by atomic mass is 9.95. The molecule has 4 heteroatoms. The molecule has 0 spiro atoms. The van der Waals surface area contributed by atoms with Gasteiger partial charge in [0.2, 0.25) is 5.88 Å². The van der Waals surface area contributed by atoms with Crippen LogP contribution < -0.4 is 10.1 Å². The van der Waals surface area contributed by atoms with Crippen LogP contribution in [0.2, 0.25) is 0 Å². The molecule has 3 rings (SSSR count). The van der Waals surface area contributed by atoms with Crippen LogP contribution in [0.3, 0.4) is 0 Å². The van der Waals surface area contributed by atoms with Crippen molar-refractivity contribution in [3.8, 4) is 5.88 Å². The Labute approximate surface area is 124 Å². The first kappa shape index (κ1) is 13.9. The van der Waals surface area contributed by atoms with E-state index < -0.39 is 0 Å². The quantitative estimate of drug-likeness (QED) is 0.938. The third-order valence-corrected chi connectivity index (χ3v) is 3.89. The van der Waals surface area contributed by atoms with Gasteiger partial charge < -0.3 is 10.1 Å². The van der Waals surface area contributed by atoms with Crippen molar-refractivity contribution in [2.45, 2.75) is 38.1 Å². The van der Waals surface area contributed by atoms with Crippen LogP contribution in [0.5, 0.6) is 5.88 Å². The minimum atomic E-state index is -0.0585. The number of aromatic nitrogens is 1. The molecule has 1 saturated carbocycles. The summed E-state index contributed by atoms with van der Waals surface area (Å²) in [6.45, 7) is 0.0296. The maximum Gasteiger partial charge on any atom is 0.258 e. The highest BCUT2D eigenvalue weighted by atomic mass is 16.5. The summed E-state index contributed by atoms with van der Waals surface area (Å²) in [5.74, 6) is 0.435. The number of pyridine rings is 1. The fraction of sp³-hybridized carbons (Fsp3) is 0.412. The molecular formula is C17H20N2O2. The van der Waals surface area contributed by atoms with Gasteiger partial charge in [-0.25, -0.2) is 4.98 Å². The van der Waals surface area contributed by atoms with Gasteiger partial charge in [0.05, 0.1) is 5.52 Å². The van der Waals surface area contributed by atoms with Gasteiger partial charge in [0.25, 0.3) is 5.91 Å². The number of benzene rings is 1. The lowest BCUT2D eigenvalue weighted by Gasteiger charge is -2.22. The first-order valence-electron chi connectivity index (χ1n) is 7.59. The molecule has 4 nitrogen and oxygen atoms in total. The molecule has 0 aliphatic heterocycles. The van der Waals surface area contributed by atoms with Gasteiger partial charge in [-0.1, -0.05) is 37.5 Å². The van der Waals surface area contributed by atoms with E-state index in [9.17, 15) is 4.79 Å². The van der Waals surface area contributed by atoms with Gasteiger partial charge in [0.1, 0.15) is 0 Å². The van der Waals surface area contributed by atoms with Gasteiger partial charge in [-0.05, 0) is 25.0 Å².